The minimum Gasteiger partial charge on any atom is -0.460 e. The van der Waals surface area contributed by atoms with E-state index in [1.807, 2.05) is 0 Å². The van der Waals surface area contributed by atoms with Crippen molar-refractivity contribution in [2.45, 2.75) is 39.3 Å². The molecule has 0 radical (unpaired) electrons. The first kappa shape index (κ1) is 17.4. The van der Waals surface area contributed by atoms with Gasteiger partial charge in [-0.05, 0) is 51.0 Å². The Balaban J connectivity index is 1.53. The number of amides is 1. The number of furan rings is 1. The van der Waals surface area contributed by atoms with E-state index in [0.717, 1.165) is 12.8 Å². The minimum absolute atomic E-state index is 0.0123. The number of nitrogens with one attached hydrogen (secondary N) is 1. The normalized spacial score (nSPS) is 18.4. The standard InChI is InChI=1S/C17H17N5O4S/c1-9-15(22(24)25)10(2)20(19-9)8-13-6-5-12(26-13)7-14-16(23)21(11-3-4-11)17(27)18-14/h5-7,11H,3-4,8H2,1-2H3,(H,18,27)/b14-7+. The summed E-state index contributed by atoms with van der Waals surface area (Å²) < 4.78 is 7.28. The molecule has 1 amide bonds. The third kappa shape index (κ3) is 3.12. The van der Waals surface area contributed by atoms with Crippen molar-refractivity contribution in [2.75, 3.05) is 0 Å². The zero-order valence-corrected chi connectivity index (χ0v) is 15.6. The Morgan fingerprint density at radius 3 is 2.81 bits per heavy atom. The number of aromatic nitrogens is 2. The van der Waals surface area contributed by atoms with Gasteiger partial charge in [0.1, 0.15) is 28.6 Å². The van der Waals surface area contributed by atoms with Gasteiger partial charge in [0, 0.05) is 12.1 Å². The lowest BCUT2D eigenvalue weighted by molar-refractivity contribution is -0.386. The number of nitro groups is 1. The van der Waals surface area contributed by atoms with Crippen molar-refractivity contribution in [1.82, 2.24) is 20.0 Å². The summed E-state index contributed by atoms with van der Waals surface area (Å²) in [6, 6.07) is 3.70. The highest BCUT2D eigenvalue weighted by molar-refractivity contribution is 7.80. The Kier molecular flexibility index (Phi) is 4.06. The lowest BCUT2D eigenvalue weighted by Gasteiger charge is -2.11. The molecule has 140 valence electrons. The largest absolute Gasteiger partial charge is 0.460 e. The van der Waals surface area contributed by atoms with Crippen LogP contribution in [0.1, 0.15) is 35.7 Å². The average Bonchev–Trinajstić information content (AvgIpc) is 3.16. The van der Waals surface area contributed by atoms with E-state index in [9.17, 15) is 14.9 Å². The number of nitrogens with zero attached hydrogens (tertiary/aromatic N) is 4. The van der Waals surface area contributed by atoms with E-state index < -0.39 is 4.92 Å². The maximum absolute atomic E-state index is 12.4. The van der Waals surface area contributed by atoms with Crippen molar-refractivity contribution in [3.8, 4) is 0 Å². The summed E-state index contributed by atoms with van der Waals surface area (Å²) in [5.74, 6) is 0.932. The molecule has 9 nitrogen and oxygen atoms in total. The third-order valence-electron chi connectivity index (χ3n) is 4.62. The molecule has 0 atom stereocenters. The SMILES string of the molecule is Cc1nn(Cc2ccc(/C=C3/NC(=S)N(C4CC4)C3=O)o2)c(C)c1[N+](=O)[O-]. The summed E-state index contributed by atoms with van der Waals surface area (Å²) in [5, 5.41) is 18.7. The van der Waals surface area contributed by atoms with Crippen LogP contribution in [0.15, 0.2) is 22.2 Å². The fraction of sp³-hybridized carbons (Fsp3) is 0.353. The number of aryl methyl sites for hydroxylation is 1. The van der Waals surface area contributed by atoms with Crippen LogP contribution < -0.4 is 5.32 Å². The molecule has 0 unspecified atom stereocenters. The van der Waals surface area contributed by atoms with E-state index in [1.165, 1.54) is 4.68 Å². The van der Waals surface area contributed by atoms with Crippen molar-refractivity contribution in [2.24, 2.45) is 0 Å². The van der Waals surface area contributed by atoms with Gasteiger partial charge in [-0.3, -0.25) is 24.5 Å². The Morgan fingerprint density at radius 1 is 1.44 bits per heavy atom. The molecule has 3 heterocycles. The maximum atomic E-state index is 12.4. The third-order valence-corrected chi connectivity index (χ3v) is 4.92. The van der Waals surface area contributed by atoms with Crippen molar-refractivity contribution in [3.63, 3.8) is 0 Å². The van der Waals surface area contributed by atoms with E-state index in [0.29, 0.717) is 33.7 Å². The summed E-state index contributed by atoms with van der Waals surface area (Å²) >= 11 is 5.22. The highest BCUT2D eigenvalue weighted by Gasteiger charge is 2.41. The van der Waals surface area contributed by atoms with Crippen molar-refractivity contribution >= 4 is 35.0 Å². The minimum atomic E-state index is -0.433. The van der Waals surface area contributed by atoms with Crippen LogP contribution in [-0.4, -0.2) is 36.7 Å². The van der Waals surface area contributed by atoms with Crippen molar-refractivity contribution in [3.05, 3.63) is 50.9 Å². The number of carbonyl (C=O) groups is 1. The number of thiocarbonyl (C=S) groups is 1. The van der Waals surface area contributed by atoms with Crippen molar-refractivity contribution < 1.29 is 14.1 Å². The molecule has 2 aromatic heterocycles. The lowest BCUT2D eigenvalue weighted by Crippen LogP contribution is -2.32. The quantitative estimate of drug-likeness (QED) is 0.363. The van der Waals surface area contributed by atoms with Gasteiger partial charge in [-0.15, -0.1) is 0 Å². The van der Waals surface area contributed by atoms with E-state index >= 15 is 0 Å². The van der Waals surface area contributed by atoms with E-state index in [2.05, 4.69) is 10.4 Å². The van der Waals surface area contributed by atoms with Crippen LogP contribution in [0, 0.1) is 24.0 Å². The van der Waals surface area contributed by atoms with Crippen LogP contribution >= 0.6 is 12.2 Å². The second-order valence-electron chi connectivity index (χ2n) is 6.63. The Labute approximate surface area is 159 Å². The molecule has 1 aliphatic heterocycles. The molecule has 1 saturated heterocycles. The monoisotopic (exact) mass is 387 g/mol. The first-order valence-electron chi connectivity index (χ1n) is 8.48. The first-order chi connectivity index (χ1) is 12.8. The van der Waals surface area contributed by atoms with Gasteiger partial charge >= 0.3 is 5.69 Å². The van der Waals surface area contributed by atoms with Crippen molar-refractivity contribution in [1.29, 1.82) is 0 Å². The molecule has 1 aliphatic carbocycles. The molecule has 2 aliphatic rings. The number of hydrogen-bond acceptors (Lipinski definition) is 6. The second kappa shape index (κ2) is 6.31. The van der Waals surface area contributed by atoms with Gasteiger partial charge in [0.05, 0.1) is 11.5 Å². The maximum Gasteiger partial charge on any atom is 0.312 e. The predicted octanol–water partition coefficient (Wildman–Crippen LogP) is 2.27. The van der Waals surface area contributed by atoms with Gasteiger partial charge < -0.3 is 9.73 Å². The van der Waals surface area contributed by atoms with E-state index in [-0.39, 0.29) is 24.2 Å². The molecule has 0 aromatic carbocycles. The van der Waals surface area contributed by atoms with Crippen LogP contribution in [-0.2, 0) is 11.3 Å². The highest BCUT2D eigenvalue weighted by atomic mass is 32.1. The molecule has 2 fully saturated rings. The molecular formula is C17H17N5O4S. The number of hydrogen-bond donors (Lipinski definition) is 1. The van der Waals surface area contributed by atoms with Crippen LogP contribution in [0.5, 0.6) is 0 Å². The summed E-state index contributed by atoms with van der Waals surface area (Å²) in [6.45, 7) is 3.52. The van der Waals surface area contributed by atoms with Gasteiger partial charge in [0.2, 0.25) is 0 Å². The molecule has 27 heavy (non-hydrogen) atoms. The summed E-state index contributed by atoms with van der Waals surface area (Å²) in [4.78, 5) is 24.7. The first-order valence-corrected chi connectivity index (χ1v) is 8.89. The molecule has 1 N–H and O–H groups in total. The summed E-state index contributed by atoms with van der Waals surface area (Å²) in [6.07, 6.45) is 3.56. The van der Waals surface area contributed by atoms with Crippen LogP contribution in [0.2, 0.25) is 0 Å². The molecular weight excluding hydrogens is 370 g/mol. The van der Waals surface area contributed by atoms with Gasteiger partial charge in [0.15, 0.2) is 5.11 Å². The molecule has 0 bridgehead atoms. The van der Waals surface area contributed by atoms with Crippen LogP contribution in [0.3, 0.4) is 0 Å². The van der Waals surface area contributed by atoms with Crippen LogP contribution in [0.25, 0.3) is 6.08 Å². The van der Waals surface area contributed by atoms with Gasteiger partial charge in [-0.2, -0.15) is 5.10 Å². The second-order valence-corrected chi connectivity index (χ2v) is 7.02. The van der Waals surface area contributed by atoms with Gasteiger partial charge in [0.25, 0.3) is 5.91 Å². The Morgan fingerprint density at radius 2 is 2.19 bits per heavy atom. The molecule has 1 saturated carbocycles. The highest BCUT2D eigenvalue weighted by Crippen LogP contribution is 2.31. The van der Waals surface area contributed by atoms with E-state index in [1.54, 1.807) is 37.0 Å². The average molecular weight is 387 g/mol. The van der Waals surface area contributed by atoms with Gasteiger partial charge in [-0.1, -0.05) is 0 Å². The smallest absolute Gasteiger partial charge is 0.312 e. The number of carbonyl (C=O) groups excluding carboxylic acids is 1. The zero-order valence-electron chi connectivity index (χ0n) is 14.8. The van der Waals surface area contributed by atoms with Gasteiger partial charge in [-0.25, -0.2) is 0 Å². The molecule has 10 heteroatoms. The number of rotatable bonds is 5. The summed E-state index contributed by atoms with van der Waals surface area (Å²) in [5.41, 5.74) is 1.22. The molecule has 0 spiro atoms. The molecule has 4 rings (SSSR count). The predicted molar refractivity (Wildman–Crippen MR) is 99.7 cm³/mol. The Hall–Kier alpha value is -3.01. The van der Waals surface area contributed by atoms with E-state index in [4.69, 9.17) is 16.6 Å². The molecule has 2 aromatic rings. The Bertz CT molecular complexity index is 1000. The fourth-order valence-electron chi connectivity index (χ4n) is 3.17. The summed E-state index contributed by atoms with van der Waals surface area (Å²) in [7, 11) is 0. The lowest BCUT2D eigenvalue weighted by atomic mass is 10.3. The zero-order chi connectivity index (χ0) is 19.3. The topological polar surface area (TPSA) is 106 Å². The van der Waals surface area contributed by atoms with Crippen LogP contribution in [0.4, 0.5) is 5.69 Å². The fourth-order valence-corrected chi connectivity index (χ4v) is 3.51.